The Morgan fingerprint density at radius 1 is 0.469 bits per heavy atom. The maximum absolute atomic E-state index is 10.4. The van der Waals surface area contributed by atoms with Gasteiger partial charge in [0.2, 0.25) is 0 Å². The normalized spacial score (nSPS) is 11.2. The van der Waals surface area contributed by atoms with Crippen molar-refractivity contribution in [3.8, 4) is 45.1 Å². The second kappa shape index (κ2) is 11.4. The highest BCUT2D eigenvalue weighted by Gasteiger charge is 2.20. The average molecular weight is 622 g/mol. The number of para-hydroxylation sites is 2. The molecule has 49 heavy (non-hydrogen) atoms. The molecule has 0 aliphatic carbocycles. The molecule has 0 aliphatic rings. The molecule has 0 unspecified atom stereocenters. The third-order valence-electron chi connectivity index (χ3n) is 9.63. The summed E-state index contributed by atoms with van der Waals surface area (Å²) in [6.07, 6.45) is 0. The molecule has 0 amide bonds. The highest BCUT2D eigenvalue weighted by atomic mass is 15.0. The molecule has 0 saturated heterocycles. The van der Waals surface area contributed by atoms with Gasteiger partial charge in [-0.05, 0) is 85.3 Å². The van der Waals surface area contributed by atoms with Gasteiger partial charge in [-0.25, -0.2) is 4.85 Å². The molecule has 0 N–H and O–H groups in total. The van der Waals surface area contributed by atoms with Gasteiger partial charge in [-0.2, -0.15) is 5.26 Å². The van der Waals surface area contributed by atoms with Crippen LogP contribution in [0.15, 0.2) is 164 Å². The summed E-state index contributed by atoms with van der Waals surface area (Å²) in [5.41, 5.74) is 10.1. The lowest BCUT2D eigenvalue weighted by molar-refractivity contribution is 1.17. The molecule has 0 fully saturated rings. The maximum Gasteiger partial charge on any atom is 0.196 e. The summed E-state index contributed by atoms with van der Waals surface area (Å²) in [6.45, 7) is 8.16. The first-order valence-corrected chi connectivity index (χ1v) is 16.3. The second-order valence-electron chi connectivity index (χ2n) is 12.3. The largest absolute Gasteiger partial charge is 0.308 e. The standard InChI is InChI=1S/C46H27N3/c1-48-41-27-33(29-47)44(49-42-24-11-9-18-34(42)35-19-10-12-25-43(35)49)28-40(41)31-16-13-17-32(26-31)46-38-22-7-5-20-36(38)45(30-14-3-2-4-15-30)37-21-6-8-23-39(37)46/h2-28H. The van der Waals surface area contributed by atoms with Crippen molar-refractivity contribution < 1.29 is 0 Å². The number of hydrogen-bond acceptors (Lipinski definition) is 1. The van der Waals surface area contributed by atoms with E-state index in [1.54, 1.807) is 6.07 Å². The van der Waals surface area contributed by atoms with E-state index in [0.29, 0.717) is 11.3 Å². The van der Waals surface area contributed by atoms with Crippen LogP contribution in [0.2, 0.25) is 0 Å². The molecule has 3 heteroatoms. The summed E-state index contributed by atoms with van der Waals surface area (Å²) >= 11 is 0. The van der Waals surface area contributed by atoms with Gasteiger partial charge in [0.05, 0.1) is 34.9 Å². The van der Waals surface area contributed by atoms with Crippen molar-refractivity contribution in [3.63, 3.8) is 0 Å². The van der Waals surface area contributed by atoms with Crippen molar-refractivity contribution >= 4 is 49.0 Å². The summed E-state index contributed by atoms with van der Waals surface area (Å²) in [5, 5.41) is 17.4. The van der Waals surface area contributed by atoms with Crippen LogP contribution in [-0.4, -0.2) is 4.57 Å². The molecular formula is C46H27N3. The molecule has 1 heterocycles. The lowest BCUT2D eigenvalue weighted by atomic mass is 9.85. The van der Waals surface area contributed by atoms with Gasteiger partial charge in [0.15, 0.2) is 5.69 Å². The predicted molar refractivity (Wildman–Crippen MR) is 203 cm³/mol. The van der Waals surface area contributed by atoms with Gasteiger partial charge in [0, 0.05) is 10.8 Å². The van der Waals surface area contributed by atoms with Gasteiger partial charge in [0.1, 0.15) is 0 Å². The molecule has 0 aliphatic heterocycles. The van der Waals surface area contributed by atoms with Gasteiger partial charge < -0.3 is 4.57 Å². The Labute approximate surface area is 284 Å². The van der Waals surface area contributed by atoms with Crippen LogP contribution in [0, 0.1) is 17.9 Å². The minimum absolute atomic E-state index is 0.451. The van der Waals surface area contributed by atoms with Gasteiger partial charge in [-0.3, -0.25) is 0 Å². The smallest absolute Gasteiger partial charge is 0.196 e. The zero-order chi connectivity index (χ0) is 32.9. The Morgan fingerprint density at radius 3 is 1.49 bits per heavy atom. The molecule has 226 valence electrons. The topological polar surface area (TPSA) is 33.1 Å². The van der Waals surface area contributed by atoms with Crippen LogP contribution in [-0.2, 0) is 0 Å². The maximum atomic E-state index is 10.4. The van der Waals surface area contributed by atoms with Crippen molar-refractivity contribution in [2.24, 2.45) is 0 Å². The molecule has 3 nitrogen and oxygen atoms in total. The van der Waals surface area contributed by atoms with E-state index in [9.17, 15) is 5.26 Å². The van der Waals surface area contributed by atoms with Crippen molar-refractivity contribution in [2.75, 3.05) is 0 Å². The van der Waals surface area contributed by atoms with Crippen molar-refractivity contribution in [2.45, 2.75) is 0 Å². The minimum Gasteiger partial charge on any atom is -0.308 e. The summed E-state index contributed by atoms with van der Waals surface area (Å²) in [5.74, 6) is 0. The molecule has 0 radical (unpaired) electrons. The van der Waals surface area contributed by atoms with Crippen LogP contribution in [0.3, 0.4) is 0 Å². The Morgan fingerprint density at radius 2 is 0.939 bits per heavy atom. The monoisotopic (exact) mass is 621 g/mol. The minimum atomic E-state index is 0.451. The Kier molecular flexibility index (Phi) is 6.58. The molecule has 0 spiro atoms. The molecular weight excluding hydrogens is 595 g/mol. The number of rotatable bonds is 4. The fourth-order valence-electron chi connectivity index (χ4n) is 7.55. The van der Waals surface area contributed by atoms with E-state index in [0.717, 1.165) is 49.7 Å². The molecule has 8 aromatic carbocycles. The first-order valence-electron chi connectivity index (χ1n) is 16.3. The molecule has 0 saturated carbocycles. The molecule has 0 bridgehead atoms. The van der Waals surface area contributed by atoms with Gasteiger partial charge in [-0.1, -0.05) is 133 Å². The highest BCUT2D eigenvalue weighted by Crippen LogP contribution is 2.45. The van der Waals surface area contributed by atoms with Crippen molar-refractivity contribution in [3.05, 3.63) is 181 Å². The van der Waals surface area contributed by atoms with Crippen molar-refractivity contribution in [1.82, 2.24) is 4.57 Å². The molecule has 9 aromatic rings. The zero-order valence-electron chi connectivity index (χ0n) is 26.4. The molecule has 0 atom stereocenters. The number of nitrogens with zero attached hydrogens (tertiary/aromatic N) is 3. The van der Waals surface area contributed by atoms with Gasteiger partial charge >= 0.3 is 0 Å². The number of fused-ring (bicyclic) bond motifs is 5. The van der Waals surface area contributed by atoms with Crippen LogP contribution < -0.4 is 0 Å². The van der Waals surface area contributed by atoms with Gasteiger partial charge in [-0.15, -0.1) is 0 Å². The van der Waals surface area contributed by atoms with E-state index >= 15 is 0 Å². The molecule has 9 rings (SSSR count). The number of nitriles is 1. The quantitative estimate of drug-likeness (QED) is 0.142. The SMILES string of the molecule is [C-]#[N+]c1cc(C#N)c(-n2c3ccccc3c3ccccc32)cc1-c1cccc(-c2c3ccccc3c(-c3ccccc3)c3ccccc23)c1. The van der Waals surface area contributed by atoms with Crippen LogP contribution in [0.25, 0.3) is 87.3 Å². The predicted octanol–water partition coefficient (Wildman–Crippen LogP) is 12.5. The van der Waals surface area contributed by atoms with Crippen LogP contribution in [0.1, 0.15) is 5.56 Å². The summed E-state index contributed by atoms with van der Waals surface area (Å²) in [7, 11) is 0. The highest BCUT2D eigenvalue weighted by molar-refractivity contribution is 6.21. The number of benzene rings is 8. The Hall–Kier alpha value is -6.94. The first-order chi connectivity index (χ1) is 24.2. The number of hydrogen-bond donors (Lipinski definition) is 0. The van der Waals surface area contributed by atoms with E-state index in [1.807, 2.05) is 30.3 Å². The van der Waals surface area contributed by atoms with Crippen LogP contribution in [0.5, 0.6) is 0 Å². The van der Waals surface area contributed by atoms with Gasteiger partial charge in [0.25, 0.3) is 0 Å². The zero-order valence-corrected chi connectivity index (χ0v) is 26.4. The third kappa shape index (κ3) is 4.42. The van der Waals surface area contributed by atoms with Crippen LogP contribution >= 0.6 is 0 Å². The van der Waals surface area contributed by atoms with Crippen molar-refractivity contribution in [1.29, 1.82) is 5.26 Å². The average Bonchev–Trinajstić information content (AvgIpc) is 3.51. The van der Waals surface area contributed by atoms with E-state index in [2.05, 4.69) is 143 Å². The second-order valence-corrected chi connectivity index (χ2v) is 12.3. The summed E-state index contributed by atoms with van der Waals surface area (Å²) in [6, 6.07) is 59.1. The van der Waals surface area contributed by atoms with E-state index in [1.165, 1.54) is 32.7 Å². The summed E-state index contributed by atoms with van der Waals surface area (Å²) < 4.78 is 2.16. The third-order valence-corrected chi connectivity index (χ3v) is 9.63. The van der Waals surface area contributed by atoms with E-state index in [-0.39, 0.29) is 0 Å². The number of aromatic nitrogens is 1. The Bertz CT molecular complexity index is 2740. The fraction of sp³-hybridized carbons (Fsp3) is 0. The lowest BCUT2D eigenvalue weighted by Gasteiger charge is -2.18. The van der Waals surface area contributed by atoms with Crippen LogP contribution in [0.4, 0.5) is 5.69 Å². The van der Waals surface area contributed by atoms with E-state index < -0.39 is 0 Å². The van der Waals surface area contributed by atoms with E-state index in [4.69, 9.17) is 6.57 Å². The Balaban J connectivity index is 1.31. The summed E-state index contributed by atoms with van der Waals surface area (Å²) in [4.78, 5) is 3.94. The first kappa shape index (κ1) is 28.3. The lowest BCUT2D eigenvalue weighted by Crippen LogP contribution is -1.98. The fourth-order valence-corrected chi connectivity index (χ4v) is 7.55. The molecule has 1 aromatic heterocycles.